The van der Waals surface area contributed by atoms with Crippen molar-refractivity contribution in [3.05, 3.63) is 40.4 Å². The molecule has 3 rings (SSSR count). The number of thiazole rings is 1. The van der Waals surface area contributed by atoms with Gasteiger partial charge in [-0.3, -0.25) is 9.52 Å². The summed E-state index contributed by atoms with van der Waals surface area (Å²) < 4.78 is 27.5. The van der Waals surface area contributed by atoms with Crippen molar-refractivity contribution in [3.63, 3.8) is 0 Å². The molecule has 1 aromatic carbocycles. The summed E-state index contributed by atoms with van der Waals surface area (Å²) in [6.45, 7) is 7.30. The van der Waals surface area contributed by atoms with Gasteiger partial charge in [-0.25, -0.2) is 13.4 Å². The summed E-state index contributed by atoms with van der Waals surface area (Å²) in [6.07, 6.45) is 1.99. The van der Waals surface area contributed by atoms with Gasteiger partial charge < -0.3 is 4.90 Å². The van der Waals surface area contributed by atoms with Crippen molar-refractivity contribution in [2.45, 2.75) is 38.5 Å². The minimum Gasteiger partial charge on any atom is -0.338 e. The van der Waals surface area contributed by atoms with E-state index in [9.17, 15) is 13.2 Å². The molecule has 0 radical (unpaired) electrons. The summed E-state index contributed by atoms with van der Waals surface area (Å²) in [6, 6.07) is 6.60. The number of nitrogens with zero attached hydrogens (tertiary/aromatic N) is 2. The van der Waals surface area contributed by atoms with Crippen LogP contribution in [0.25, 0.3) is 0 Å². The largest absolute Gasteiger partial charge is 0.338 e. The van der Waals surface area contributed by atoms with Gasteiger partial charge >= 0.3 is 0 Å². The minimum atomic E-state index is -3.72. The third-order valence-electron chi connectivity index (χ3n) is 4.61. The fourth-order valence-corrected chi connectivity index (χ4v) is 5.05. The van der Waals surface area contributed by atoms with Gasteiger partial charge in [-0.1, -0.05) is 36.0 Å². The molecule has 1 aliphatic heterocycles. The Morgan fingerprint density at radius 3 is 2.42 bits per heavy atom. The smallest absolute Gasteiger partial charge is 0.265 e. The normalized spacial score (nSPS) is 15.9. The van der Waals surface area contributed by atoms with E-state index in [1.165, 1.54) is 0 Å². The first-order chi connectivity index (χ1) is 12.3. The van der Waals surface area contributed by atoms with Crippen molar-refractivity contribution in [2.75, 3.05) is 17.8 Å². The first-order valence-electron chi connectivity index (χ1n) is 8.62. The van der Waals surface area contributed by atoms with Crippen LogP contribution in [0.2, 0.25) is 0 Å². The van der Waals surface area contributed by atoms with Gasteiger partial charge in [-0.05, 0) is 44.7 Å². The number of anilines is 1. The second-order valence-electron chi connectivity index (χ2n) is 6.83. The topological polar surface area (TPSA) is 79.4 Å². The van der Waals surface area contributed by atoms with Gasteiger partial charge in [-0.2, -0.15) is 0 Å². The number of piperidine rings is 1. The summed E-state index contributed by atoms with van der Waals surface area (Å²) in [5, 5.41) is 0.219. The monoisotopic (exact) mass is 393 g/mol. The average Bonchev–Trinajstić information content (AvgIpc) is 2.95. The number of hydrogen-bond acceptors (Lipinski definition) is 5. The molecule has 1 fully saturated rings. The van der Waals surface area contributed by atoms with Crippen LogP contribution in [0.15, 0.2) is 29.2 Å². The standard InChI is InChI=1S/C18H23N3O3S2/c1-12-4-6-15(7-5-12)26(23,24)20-18-19-14(3)16(25-18)17(22)21-10-8-13(2)9-11-21/h4-7,13H,8-11H2,1-3H3,(H,19,20). The Morgan fingerprint density at radius 2 is 1.81 bits per heavy atom. The number of benzene rings is 1. The van der Waals surface area contributed by atoms with Gasteiger partial charge in [0, 0.05) is 13.1 Å². The van der Waals surface area contributed by atoms with E-state index in [4.69, 9.17) is 0 Å². The van der Waals surface area contributed by atoms with E-state index >= 15 is 0 Å². The highest BCUT2D eigenvalue weighted by atomic mass is 32.2. The van der Waals surface area contributed by atoms with Crippen LogP contribution in [0.3, 0.4) is 0 Å². The van der Waals surface area contributed by atoms with Crippen LogP contribution in [0.1, 0.15) is 40.7 Å². The molecule has 1 saturated heterocycles. The van der Waals surface area contributed by atoms with Gasteiger partial charge in [-0.15, -0.1) is 0 Å². The summed E-state index contributed by atoms with van der Waals surface area (Å²) in [5.41, 5.74) is 1.54. The van der Waals surface area contributed by atoms with E-state index in [-0.39, 0.29) is 15.9 Å². The SMILES string of the molecule is Cc1ccc(S(=O)(=O)Nc2nc(C)c(C(=O)N3CCC(C)CC3)s2)cc1. The number of hydrogen-bond donors (Lipinski definition) is 1. The number of rotatable bonds is 4. The Balaban J connectivity index is 1.77. The molecule has 0 unspecified atom stereocenters. The van der Waals surface area contributed by atoms with Crippen LogP contribution in [0.4, 0.5) is 5.13 Å². The molecule has 0 atom stereocenters. The Bertz CT molecular complexity index is 896. The van der Waals surface area contributed by atoms with Crippen LogP contribution < -0.4 is 4.72 Å². The Labute approximate surface area is 158 Å². The van der Waals surface area contributed by atoms with E-state index < -0.39 is 10.0 Å². The molecule has 2 aromatic rings. The molecule has 1 aromatic heterocycles. The van der Waals surface area contributed by atoms with Crippen LogP contribution in [-0.4, -0.2) is 37.3 Å². The van der Waals surface area contributed by atoms with Crippen molar-refractivity contribution in [3.8, 4) is 0 Å². The summed E-state index contributed by atoms with van der Waals surface area (Å²) in [4.78, 5) is 19.5. The first kappa shape index (κ1) is 18.8. The zero-order chi connectivity index (χ0) is 18.9. The van der Waals surface area contributed by atoms with Crippen LogP contribution >= 0.6 is 11.3 Å². The van der Waals surface area contributed by atoms with Crippen LogP contribution in [0, 0.1) is 19.8 Å². The van der Waals surface area contributed by atoms with Crippen molar-refractivity contribution in [2.24, 2.45) is 5.92 Å². The van der Waals surface area contributed by atoms with Crippen molar-refractivity contribution < 1.29 is 13.2 Å². The molecule has 0 spiro atoms. The Kier molecular flexibility index (Phi) is 5.34. The number of carbonyl (C=O) groups excluding carboxylic acids is 1. The molecule has 1 N–H and O–H groups in total. The molecule has 8 heteroatoms. The fourth-order valence-electron chi connectivity index (χ4n) is 2.89. The van der Waals surface area contributed by atoms with Crippen molar-refractivity contribution in [1.29, 1.82) is 0 Å². The molecule has 0 bridgehead atoms. The molecular weight excluding hydrogens is 370 g/mol. The van der Waals surface area contributed by atoms with Gasteiger partial charge in [0.1, 0.15) is 4.88 Å². The maximum absolute atomic E-state index is 12.7. The second-order valence-corrected chi connectivity index (χ2v) is 9.51. The molecule has 140 valence electrons. The van der Waals surface area contributed by atoms with Crippen LogP contribution in [-0.2, 0) is 10.0 Å². The molecule has 1 amide bonds. The van der Waals surface area contributed by atoms with Crippen molar-refractivity contribution in [1.82, 2.24) is 9.88 Å². The van der Waals surface area contributed by atoms with Crippen LogP contribution in [0.5, 0.6) is 0 Å². The lowest BCUT2D eigenvalue weighted by Gasteiger charge is -2.29. The second kappa shape index (κ2) is 7.36. The molecule has 2 heterocycles. The number of sulfonamides is 1. The molecule has 6 nitrogen and oxygen atoms in total. The number of amides is 1. The first-order valence-corrected chi connectivity index (χ1v) is 10.9. The third-order valence-corrected chi connectivity index (χ3v) is 7.16. The van der Waals surface area contributed by atoms with E-state index in [2.05, 4.69) is 16.6 Å². The number of aryl methyl sites for hydroxylation is 2. The quantitative estimate of drug-likeness (QED) is 0.863. The summed E-state index contributed by atoms with van der Waals surface area (Å²) in [7, 11) is -3.72. The highest BCUT2D eigenvalue weighted by Gasteiger charge is 2.26. The predicted molar refractivity (Wildman–Crippen MR) is 103 cm³/mol. The number of likely N-dealkylation sites (tertiary alicyclic amines) is 1. The molecular formula is C18H23N3O3S2. The summed E-state index contributed by atoms with van der Waals surface area (Å²) in [5.74, 6) is 0.575. The molecule has 0 saturated carbocycles. The van der Waals surface area contributed by atoms with Gasteiger partial charge in [0.05, 0.1) is 10.6 Å². The molecule has 1 aliphatic rings. The molecule has 26 heavy (non-hydrogen) atoms. The van der Waals surface area contributed by atoms with Crippen molar-refractivity contribution >= 4 is 32.4 Å². The van der Waals surface area contributed by atoms with Gasteiger partial charge in [0.2, 0.25) is 0 Å². The maximum atomic E-state index is 12.7. The number of aromatic nitrogens is 1. The van der Waals surface area contributed by atoms with Gasteiger partial charge in [0.25, 0.3) is 15.9 Å². The predicted octanol–water partition coefficient (Wildman–Crippen LogP) is 3.43. The van der Waals surface area contributed by atoms with E-state index in [1.54, 1.807) is 31.2 Å². The van der Waals surface area contributed by atoms with E-state index in [1.807, 2.05) is 11.8 Å². The zero-order valence-electron chi connectivity index (χ0n) is 15.2. The van der Waals surface area contributed by atoms with Gasteiger partial charge in [0.15, 0.2) is 5.13 Å². The lowest BCUT2D eigenvalue weighted by molar-refractivity contribution is 0.0701. The lowest BCUT2D eigenvalue weighted by atomic mass is 9.99. The van der Waals surface area contributed by atoms with E-state index in [0.717, 1.165) is 42.8 Å². The average molecular weight is 394 g/mol. The lowest BCUT2D eigenvalue weighted by Crippen LogP contribution is -2.37. The summed E-state index contributed by atoms with van der Waals surface area (Å²) >= 11 is 1.09. The zero-order valence-corrected chi connectivity index (χ0v) is 16.8. The third kappa shape index (κ3) is 4.07. The number of nitrogens with one attached hydrogen (secondary N) is 1. The van der Waals surface area contributed by atoms with E-state index in [0.29, 0.717) is 16.5 Å². The highest BCUT2D eigenvalue weighted by molar-refractivity contribution is 7.93. The highest BCUT2D eigenvalue weighted by Crippen LogP contribution is 2.28. The minimum absolute atomic E-state index is 0.0623. The Morgan fingerprint density at radius 1 is 1.19 bits per heavy atom. The fraction of sp³-hybridized carbons (Fsp3) is 0.444. The molecule has 0 aliphatic carbocycles. The number of carbonyl (C=O) groups is 1. The Hall–Kier alpha value is -1.93. The maximum Gasteiger partial charge on any atom is 0.265 e.